The molecule has 81 valence electrons. The molecule has 0 bridgehead atoms. The first-order valence-corrected chi connectivity index (χ1v) is 6.53. The highest BCUT2D eigenvalue weighted by Crippen LogP contribution is 2.29. The van der Waals surface area contributed by atoms with Gasteiger partial charge in [-0.15, -0.1) is 0 Å². The Kier molecular flexibility index (Phi) is 3.38. The lowest BCUT2D eigenvalue weighted by atomic mass is 10.2. The Balaban J connectivity index is 2.28. The van der Waals surface area contributed by atoms with Crippen molar-refractivity contribution in [2.24, 2.45) is 0 Å². The molecule has 0 unspecified atom stereocenters. The Hall–Kier alpha value is -1.17. The predicted molar refractivity (Wildman–Crippen MR) is 69.2 cm³/mol. The van der Waals surface area contributed by atoms with Gasteiger partial charge >= 0.3 is 0 Å². The van der Waals surface area contributed by atoms with E-state index in [2.05, 4.69) is 0 Å². The molecule has 2 aromatic carbocycles. The molecule has 1 radical (unpaired) electrons. The molecule has 1 nitrogen and oxygen atoms in total. The molecule has 0 saturated carbocycles. The van der Waals surface area contributed by atoms with Gasteiger partial charge in [-0.2, -0.15) is 0 Å². The minimum absolute atomic E-state index is 0.893. The quantitative estimate of drug-likeness (QED) is 0.705. The van der Waals surface area contributed by atoms with Gasteiger partial charge in [0.25, 0.3) is 0 Å². The molecule has 16 heavy (non-hydrogen) atoms. The van der Waals surface area contributed by atoms with E-state index in [0.29, 0.717) is 0 Å². The molecule has 0 fully saturated rings. The molecule has 0 N–H and O–H groups in total. The fourth-order valence-electron chi connectivity index (χ4n) is 1.51. The van der Waals surface area contributed by atoms with E-state index in [0.717, 1.165) is 10.6 Å². The van der Waals surface area contributed by atoms with Crippen molar-refractivity contribution in [3.63, 3.8) is 0 Å². The van der Waals surface area contributed by atoms with Crippen molar-refractivity contribution in [1.29, 1.82) is 0 Å². The molecule has 2 rings (SSSR count). The van der Waals surface area contributed by atoms with Gasteiger partial charge in [-0.3, -0.25) is 0 Å². The normalized spacial score (nSPS) is 10.8. The van der Waals surface area contributed by atoms with Gasteiger partial charge in [0.1, 0.15) is 8.15 Å². The van der Waals surface area contributed by atoms with E-state index in [1.54, 1.807) is 0 Å². The van der Waals surface area contributed by atoms with Crippen LogP contribution in [0, 0.1) is 13.8 Å². The summed E-state index contributed by atoms with van der Waals surface area (Å²) >= 11 is 0. The first kappa shape index (κ1) is 11.3. The van der Waals surface area contributed by atoms with Gasteiger partial charge in [-0.1, -0.05) is 59.7 Å². The topological polar surface area (TPSA) is 19.9 Å². The van der Waals surface area contributed by atoms with Gasteiger partial charge < -0.3 is 0 Å². The maximum absolute atomic E-state index is 12.2. The Morgan fingerprint density at radius 2 is 1.00 bits per heavy atom. The number of hydrogen-bond donors (Lipinski definition) is 0. The second-order valence-electron chi connectivity index (χ2n) is 3.97. The van der Waals surface area contributed by atoms with Gasteiger partial charge in [0.15, 0.2) is 0 Å². The Morgan fingerprint density at radius 3 is 1.31 bits per heavy atom. The predicted octanol–water partition coefficient (Wildman–Crippen LogP) is 3.08. The maximum atomic E-state index is 12.2. The third-order valence-corrected chi connectivity index (χ3v) is 4.07. The SMILES string of the molecule is Cc1ccc(P([O])c2ccc(C)cc2)cc1. The second kappa shape index (κ2) is 4.78. The molecule has 2 aromatic rings. The van der Waals surface area contributed by atoms with Crippen LogP contribution in [-0.4, -0.2) is 0 Å². The molecule has 0 heterocycles. The van der Waals surface area contributed by atoms with Crippen LogP contribution < -0.4 is 10.6 Å². The number of hydrogen-bond acceptors (Lipinski definition) is 0. The number of benzene rings is 2. The smallest absolute Gasteiger partial charge is 0.134 e. The molecule has 0 atom stereocenters. The van der Waals surface area contributed by atoms with Crippen LogP contribution in [0.2, 0.25) is 0 Å². The lowest BCUT2D eigenvalue weighted by Crippen LogP contribution is -2.10. The standard InChI is InChI=1S/C14H14OP/c1-11-3-7-13(8-4-11)16(15)14-9-5-12(2)6-10-14/h3-10H,1-2H3. The third kappa shape index (κ3) is 2.49. The summed E-state index contributed by atoms with van der Waals surface area (Å²) in [5.41, 5.74) is 2.38. The summed E-state index contributed by atoms with van der Waals surface area (Å²) in [6, 6.07) is 15.7. The minimum atomic E-state index is -1.45. The summed E-state index contributed by atoms with van der Waals surface area (Å²) in [5, 5.41) is 1.79. The van der Waals surface area contributed by atoms with Crippen molar-refractivity contribution in [2.75, 3.05) is 0 Å². The molecular formula is C14H14OP. The fraction of sp³-hybridized carbons (Fsp3) is 0.143. The van der Waals surface area contributed by atoms with E-state index in [9.17, 15) is 4.89 Å². The van der Waals surface area contributed by atoms with Crippen LogP contribution in [0.5, 0.6) is 0 Å². The Bertz CT molecular complexity index is 414. The van der Waals surface area contributed by atoms with Crippen molar-refractivity contribution < 1.29 is 4.89 Å². The lowest BCUT2D eigenvalue weighted by molar-refractivity contribution is 0.512. The average molecular weight is 229 g/mol. The summed E-state index contributed by atoms with van der Waals surface area (Å²) < 4.78 is 0. The highest BCUT2D eigenvalue weighted by Gasteiger charge is 2.11. The molecule has 0 aromatic heterocycles. The molecule has 0 aliphatic rings. The molecule has 0 saturated heterocycles. The summed E-state index contributed by atoms with van der Waals surface area (Å²) in [4.78, 5) is 12.2. The molecular weight excluding hydrogens is 215 g/mol. The van der Waals surface area contributed by atoms with Gasteiger partial charge in [0.2, 0.25) is 0 Å². The second-order valence-corrected chi connectivity index (χ2v) is 5.59. The van der Waals surface area contributed by atoms with E-state index < -0.39 is 8.15 Å². The first-order valence-electron chi connectivity index (χ1n) is 5.27. The van der Waals surface area contributed by atoms with Crippen molar-refractivity contribution in [3.05, 3.63) is 59.7 Å². The van der Waals surface area contributed by atoms with Crippen molar-refractivity contribution in [2.45, 2.75) is 13.8 Å². The zero-order chi connectivity index (χ0) is 11.5. The van der Waals surface area contributed by atoms with Gasteiger partial charge in [-0.05, 0) is 13.8 Å². The number of aryl methyl sites for hydroxylation is 2. The van der Waals surface area contributed by atoms with E-state index in [4.69, 9.17) is 0 Å². The highest BCUT2D eigenvalue weighted by molar-refractivity contribution is 7.67. The van der Waals surface area contributed by atoms with Crippen LogP contribution in [0.3, 0.4) is 0 Å². The van der Waals surface area contributed by atoms with Crippen molar-refractivity contribution in [1.82, 2.24) is 0 Å². The van der Waals surface area contributed by atoms with Gasteiger partial charge in [0, 0.05) is 10.6 Å². The molecule has 0 amide bonds. The Morgan fingerprint density at radius 1 is 0.688 bits per heavy atom. The van der Waals surface area contributed by atoms with Crippen molar-refractivity contribution in [3.8, 4) is 0 Å². The van der Waals surface area contributed by atoms with Gasteiger partial charge in [0.05, 0.1) is 0 Å². The Labute approximate surface area is 97.6 Å². The third-order valence-electron chi connectivity index (χ3n) is 2.54. The van der Waals surface area contributed by atoms with Crippen LogP contribution in [0.15, 0.2) is 48.5 Å². The monoisotopic (exact) mass is 229 g/mol. The highest BCUT2D eigenvalue weighted by atomic mass is 31.1. The summed E-state index contributed by atoms with van der Waals surface area (Å²) in [6.45, 7) is 4.06. The number of rotatable bonds is 2. The molecule has 2 heteroatoms. The molecule has 0 aliphatic heterocycles. The largest absolute Gasteiger partial charge is 0.202 e. The first-order chi connectivity index (χ1) is 7.66. The zero-order valence-electron chi connectivity index (χ0n) is 9.47. The van der Waals surface area contributed by atoms with E-state index >= 15 is 0 Å². The van der Waals surface area contributed by atoms with Crippen molar-refractivity contribution >= 4 is 18.8 Å². The molecule has 0 aliphatic carbocycles. The van der Waals surface area contributed by atoms with E-state index in [-0.39, 0.29) is 0 Å². The molecule has 0 spiro atoms. The van der Waals surface area contributed by atoms with E-state index in [1.165, 1.54) is 11.1 Å². The van der Waals surface area contributed by atoms with Crippen LogP contribution >= 0.6 is 8.15 Å². The summed E-state index contributed by atoms with van der Waals surface area (Å²) in [5.74, 6) is 0. The average Bonchev–Trinajstić information content (AvgIpc) is 2.30. The van der Waals surface area contributed by atoms with Crippen LogP contribution in [0.25, 0.3) is 0 Å². The van der Waals surface area contributed by atoms with Crippen LogP contribution in [0.4, 0.5) is 0 Å². The minimum Gasteiger partial charge on any atom is -0.202 e. The lowest BCUT2D eigenvalue weighted by Gasteiger charge is -2.08. The van der Waals surface area contributed by atoms with Crippen LogP contribution in [-0.2, 0) is 4.89 Å². The summed E-state index contributed by atoms with van der Waals surface area (Å²) in [6.07, 6.45) is 0. The zero-order valence-corrected chi connectivity index (χ0v) is 10.4. The van der Waals surface area contributed by atoms with Gasteiger partial charge in [-0.25, -0.2) is 4.89 Å². The van der Waals surface area contributed by atoms with Crippen LogP contribution in [0.1, 0.15) is 11.1 Å². The van der Waals surface area contributed by atoms with E-state index in [1.807, 2.05) is 62.4 Å². The maximum Gasteiger partial charge on any atom is 0.134 e. The fourth-order valence-corrected chi connectivity index (χ4v) is 2.65. The summed E-state index contributed by atoms with van der Waals surface area (Å²) in [7, 11) is -1.45.